The molecule has 0 spiro atoms. The summed E-state index contributed by atoms with van der Waals surface area (Å²) >= 11 is 1.39. The van der Waals surface area contributed by atoms with Gasteiger partial charge >= 0.3 is 6.18 Å². The van der Waals surface area contributed by atoms with E-state index in [2.05, 4.69) is 15.0 Å². The van der Waals surface area contributed by atoms with Crippen LogP contribution in [-0.4, -0.2) is 15.0 Å². The van der Waals surface area contributed by atoms with E-state index in [0.29, 0.717) is 29.1 Å². The van der Waals surface area contributed by atoms with Crippen molar-refractivity contribution >= 4 is 22.4 Å². The van der Waals surface area contributed by atoms with E-state index in [1.54, 1.807) is 5.38 Å². The van der Waals surface area contributed by atoms with E-state index in [9.17, 15) is 13.2 Å². The Balaban J connectivity index is 2.06. The Hall–Kier alpha value is -1.93. The molecule has 0 aliphatic heterocycles. The van der Waals surface area contributed by atoms with Crippen LogP contribution in [0.25, 0.3) is 22.6 Å². The highest BCUT2D eigenvalue weighted by molar-refractivity contribution is 7.09. The number of nitrogens with one attached hydrogen (secondary N) is 1. The molecule has 0 fully saturated rings. The summed E-state index contributed by atoms with van der Waals surface area (Å²) in [6.07, 6.45) is -4.37. The van der Waals surface area contributed by atoms with Gasteiger partial charge in [0.2, 0.25) is 0 Å². The largest absolute Gasteiger partial charge is 0.416 e. The quantitative estimate of drug-likeness (QED) is 0.763. The van der Waals surface area contributed by atoms with Gasteiger partial charge in [0.25, 0.3) is 0 Å². The normalized spacial score (nSPS) is 12.2. The van der Waals surface area contributed by atoms with Gasteiger partial charge in [-0.2, -0.15) is 13.2 Å². The molecule has 0 aliphatic rings. The molecule has 2 heterocycles. The van der Waals surface area contributed by atoms with Gasteiger partial charge in [0, 0.05) is 11.9 Å². The maximum Gasteiger partial charge on any atom is 0.416 e. The van der Waals surface area contributed by atoms with Crippen LogP contribution in [0.3, 0.4) is 0 Å². The number of hydrogen-bond donors (Lipinski definition) is 2. The lowest BCUT2D eigenvalue weighted by Gasteiger charge is -2.05. The number of hydrogen-bond acceptors (Lipinski definition) is 4. The molecule has 0 aliphatic carbocycles. The maximum absolute atomic E-state index is 12.6. The fourth-order valence-electron chi connectivity index (χ4n) is 1.82. The van der Waals surface area contributed by atoms with E-state index >= 15 is 0 Å². The predicted octanol–water partition coefficient (Wildman–Crippen LogP) is 3.16. The minimum atomic E-state index is -4.37. The summed E-state index contributed by atoms with van der Waals surface area (Å²) in [5.41, 5.74) is 6.15. The van der Waals surface area contributed by atoms with E-state index in [-0.39, 0.29) is 0 Å². The topological polar surface area (TPSA) is 67.6 Å². The van der Waals surface area contributed by atoms with Crippen LogP contribution in [0.4, 0.5) is 13.2 Å². The van der Waals surface area contributed by atoms with Gasteiger partial charge in [-0.15, -0.1) is 11.3 Å². The van der Waals surface area contributed by atoms with Crippen molar-refractivity contribution in [3.05, 3.63) is 34.2 Å². The highest BCUT2D eigenvalue weighted by atomic mass is 32.1. The Morgan fingerprint density at radius 3 is 2.70 bits per heavy atom. The second-order valence-electron chi connectivity index (χ2n) is 4.15. The minimum absolute atomic E-state index is 0.323. The van der Waals surface area contributed by atoms with Gasteiger partial charge in [-0.3, -0.25) is 0 Å². The van der Waals surface area contributed by atoms with Crippen LogP contribution >= 0.6 is 11.3 Å². The third-order valence-corrected chi connectivity index (χ3v) is 3.65. The molecule has 0 amide bonds. The number of aromatic amines is 1. The molecule has 3 rings (SSSR count). The number of halogens is 3. The summed E-state index contributed by atoms with van der Waals surface area (Å²) in [5.74, 6) is 0.440. The number of benzene rings is 1. The molecular formula is C12H9F3N4S. The zero-order valence-electron chi connectivity index (χ0n) is 10.0. The summed E-state index contributed by atoms with van der Waals surface area (Å²) in [7, 11) is 0. The van der Waals surface area contributed by atoms with Crippen molar-refractivity contribution in [1.82, 2.24) is 15.0 Å². The number of aromatic nitrogens is 3. The summed E-state index contributed by atoms with van der Waals surface area (Å²) in [6, 6.07) is 3.40. The van der Waals surface area contributed by atoms with Crippen LogP contribution in [0, 0.1) is 0 Å². The first-order chi connectivity index (χ1) is 9.47. The van der Waals surface area contributed by atoms with Crippen molar-refractivity contribution in [2.45, 2.75) is 12.7 Å². The van der Waals surface area contributed by atoms with Crippen molar-refractivity contribution in [2.75, 3.05) is 0 Å². The number of thiazole rings is 1. The van der Waals surface area contributed by atoms with Gasteiger partial charge < -0.3 is 10.7 Å². The van der Waals surface area contributed by atoms with Crippen LogP contribution in [-0.2, 0) is 12.7 Å². The second kappa shape index (κ2) is 4.57. The SMILES string of the molecule is NCc1nc(-c2nc3ccc(C(F)(F)F)cc3[nH]2)cs1. The fourth-order valence-corrected chi connectivity index (χ4v) is 2.48. The molecule has 3 aromatic rings. The van der Waals surface area contributed by atoms with Crippen molar-refractivity contribution in [3.8, 4) is 11.5 Å². The Bertz CT molecular complexity index is 759. The molecule has 104 valence electrons. The van der Waals surface area contributed by atoms with Crippen molar-refractivity contribution in [2.24, 2.45) is 5.73 Å². The van der Waals surface area contributed by atoms with Crippen molar-refractivity contribution < 1.29 is 13.2 Å². The highest BCUT2D eigenvalue weighted by Crippen LogP contribution is 2.31. The smallest absolute Gasteiger partial charge is 0.337 e. The minimum Gasteiger partial charge on any atom is -0.337 e. The molecule has 0 atom stereocenters. The summed E-state index contributed by atoms with van der Waals surface area (Å²) < 4.78 is 37.9. The first kappa shape index (κ1) is 13.1. The molecule has 0 radical (unpaired) electrons. The second-order valence-corrected chi connectivity index (χ2v) is 5.09. The Morgan fingerprint density at radius 1 is 1.25 bits per heavy atom. The Morgan fingerprint density at radius 2 is 2.05 bits per heavy atom. The molecule has 2 aromatic heterocycles. The van der Waals surface area contributed by atoms with Crippen LogP contribution in [0.5, 0.6) is 0 Å². The fraction of sp³-hybridized carbons (Fsp3) is 0.167. The molecule has 8 heteroatoms. The third-order valence-electron chi connectivity index (χ3n) is 2.78. The Kier molecular flexibility index (Phi) is 2.98. The van der Waals surface area contributed by atoms with E-state index in [0.717, 1.165) is 17.1 Å². The Labute approximate surface area is 115 Å². The number of nitrogens with two attached hydrogens (primary N) is 1. The zero-order valence-corrected chi connectivity index (χ0v) is 10.8. The van der Waals surface area contributed by atoms with Crippen LogP contribution in [0.2, 0.25) is 0 Å². The lowest BCUT2D eigenvalue weighted by molar-refractivity contribution is -0.137. The number of fused-ring (bicyclic) bond motifs is 1. The molecular weight excluding hydrogens is 289 g/mol. The van der Waals surface area contributed by atoms with E-state index in [1.165, 1.54) is 17.4 Å². The van der Waals surface area contributed by atoms with Crippen LogP contribution in [0.1, 0.15) is 10.6 Å². The molecule has 3 N–H and O–H groups in total. The van der Waals surface area contributed by atoms with Crippen LogP contribution in [0.15, 0.2) is 23.6 Å². The van der Waals surface area contributed by atoms with Crippen molar-refractivity contribution in [1.29, 1.82) is 0 Å². The van der Waals surface area contributed by atoms with Gasteiger partial charge in [0.05, 0.1) is 16.6 Å². The number of imidazole rings is 1. The summed E-state index contributed by atoms with van der Waals surface area (Å²) in [5, 5.41) is 2.52. The first-order valence-corrected chi connectivity index (χ1v) is 6.57. The van der Waals surface area contributed by atoms with Crippen LogP contribution < -0.4 is 5.73 Å². The summed E-state index contributed by atoms with van der Waals surface area (Å²) in [4.78, 5) is 11.3. The maximum atomic E-state index is 12.6. The third kappa shape index (κ3) is 2.27. The van der Waals surface area contributed by atoms with Gasteiger partial charge in [0.1, 0.15) is 10.7 Å². The molecule has 0 bridgehead atoms. The lowest BCUT2D eigenvalue weighted by atomic mass is 10.2. The molecule has 20 heavy (non-hydrogen) atoms. The molecule has 0 saturated carbocycles. The number of H-pyrrole nitrogens is 1. The van der Waals surface area contributed by atoms with Gasteiger partial charge in [-0.1, -0.05) is 0 Å². The van der Waals surface area contributed by atoms with Gasteiger partial charge in [-0.05, 0) is 18.2 Å². The van der Waals surface area contributed by atoms with E-state index in [4.69, 9.17) is 5.73 Å². The molecule has 1 aromatic carbocycles. The monoisotopic (exact) mass is 298 g/mol. The average Bonchev–Trinajstić information content (AvgIpc) is 3.02. The lowest BCUT2D eigenvalue weighted by Crippen LogP contribution is -2.04. The molecule has 4 nitrogen and oxygen atoms in total. The number of alkyl halides is 3. The zero-order chi connectivity index (χ0) is 14.3. The summed E-state index contributed by atoms with van der Waals surface area (Å²) in [6.45, 7) is 0.323. The van der Waals surface area contributed by atoms with Gasteiger partial charge in [-0.25, -0.2) is 9.97 Å². The number of rotatable bonds is 2. The standard InChI is InChI=1S/C12H9F3N4S/c13-12(14,15)6-1-2-7-8(3-6)19-11(18-7)9-5-20-10(4-16)17-9/h1-3,5H,4,16H2,(H,18,19). The molecule has 0 saturated heterocycles. The van der Waals surface area contributed by atoms with E-state index < -0.39 is 11.7 Å². The first-order valence-electron chi connectivity index (χ1n) is 5.69. The van der Waals surface area contributed by atoms with Gasteiger partial charge in [0.15, 0.2) is 5.82 Å². The van der Waals surface area contributed by atoms with E-state index in [1.807, 2.05) is 0 Å². The average molecular weight is 298 g/mol. The highest BCUT2D eigenvalue weighted by Gasteiger charge is 2.30. The number of nitrogens with zero attached hydrogens (tertiary/aromatic N) is 2. The molecule has 0 unspecified atom stereocenters. The predicted molar refractivity (Wildman–Crippen MR) is 70.1 cm³/mol. The van der Waals surface area contributed by atoms with Crippen molar-refractivity contribution in [3.63, 3.8) is 0 Å².